The predicted octanol–water partition coefficient (Wildman–Crippen LogP) is 2.80. The molecule has 0 atom stereocenters. The lowest BCUT2D eigenvalue weighted by atomic mass is 9.72. The number of likely N-dealkylation sites (N-methyl/N-ethyl adjacent to an activating group) is 1. The molecule has 1 N–H and O–H groups in total. The fourth-order valence-corrected chi connectivity index (χ4v) is 3.06. The van der Waals surface area contributed by atoms with E-state index in [1.54, 1.807) is 0 Å². The molecule has 0 radical (unpaired) electrons. The van der Waals surface area contributed by atoms with Crippen LogP contribution >= 0.6 is 0 Å². The molecule has 0 saturated carbocycles. The molecule has 1 saturated heterocycles. The van der Waals surface area contributed by atoms with Crippen LogP contribution in [0.3, 0.4) is 0 Å². The summed E-state index contributed by atoms with van der Waals surface area (Å²) in [6, 6.07) is 2.30. The first kappa shape index (κ1) is 13.6. The fraction of sp³-hybridized carbons (Fsp3) is 0.625. The van der Waals surface area contributed by atoms with Gasteiger partial charge in [-0.1, -0.05) is 13.0 Å². The number of aryl methyl sites for hydroxylation is 2. The number of ether oxygens (including phenoxy) is 1. The third-order valence-corrected chi connectivity index (χ3v) is 4.37. The van der Waals surface area contributed by atoms with Gasteiger partial charge in [0.25, 0.3) is 0 Å². The predicted molar refractivity (Wildman–Crippen MR) is 76.4 cm³/mol. The zero-order valence-corrected chi connectivity index (χ0v) is 12.3. The molecule has 1 heterocycles. The van der Waals surface area contributed by atoms with Crippen LogP contribution < -0.4 is 5.32 Å². The normalized spacial score (nSPS) is 17.6. The average Bonchev–Trinajstić information content (AvgIpc) is 2.29. The highest BCUT2D eigenvalue weighted by atomic mass is 16.5. The molecule has 18 heavy (non-hydrogen) atoms. The summed E-state index contributed by atoms with van der Waals surface area (Å²) >= 11 is 0. The van der Waals surface area contributed by atoms with Crippen LogP contribution in [0, 0.1) is 27.7 Å². The van der Waals surface area contributed by atoms with Crippen molar-refractivity contribution in [3.05, 3.63) is 33.9 Å². The van der Waals surface area contributed by atoms with Crippen LogP contribution in [0.5, 0.6) is 0 Å². The second-order valence-corrected chi connectivity index (χ2v) is 5.69. The Morgan fingerprint density at radius 3 is 2.06 bits per heavy atom. The van der Waals surface area contributed by atoms with E-state index in [1.807, 2.05) is 0 Å². The number of hydrogen-bond donors (Lipinski definition) is 1. The van der Waals surface area contributed by atoms with Gasteiger partial charge in [0.1, 0.15) is 0 Å². The highest BCUT2D eigenvalue weighted by molar-refractivity contribution is 5.49. The number of rotatable bonds is 4. The maximum atomic E-state index is 5.54. The third-order valence-electron chi connectivity index (χ3n) is 4.37. The Balaban J connectivity index is 2.48. The second kappa shape index (κ2) is 5.02. The molecule has 100 valence electrons. The average molecular weight is 247 g/mol. The van der Waals surface area contributed by atoms with E-state index in [9.17, 15) is 0 Å². The Labute approximate surface area is 111 Å². The Bertz CT molecular complexity index is 421. The van der Waals surface area contributed by atoms with Crippen molar-refractivity contribution >= 4 is 0 Å². The first-order chi connectivity index (χ1) is 8.52. The minimum absolute atomic E-state index is 0.195. The maximum absolute atomic E-state index is 5.54. The number of nitrogens with one attached hydrogen (secondary N) is 1. The SMILES string of the molecule is CCNCC1(c2c(C)c(C)cc(C)c2C)COC1. The highest BCUT2D eigenvalue weighted by Gasteiger charge is 2.42. The van der Waals surface area contributed by atoms with Crippen molar-refractivity contribution in [3.63, 3.8) is 0 Å². The molecule has 0 spiro atoms. The number of hydrogen-bond acceptors (Lipinski definition) is 2. The standard InChI is InChI=1S/C16H25NO/c1-6-17-8-16(9-18-10-16)15-13(4)11(2)7-12(3)14(15)5/h7,17H,6,8-10H2,1-5H3. The van der Waals surface area contributed by atoms with Crippen LogP contribution in [-0.4, -0.2) is 26.3 Å². The van der Waals surface area contributed by atoms with Crippen LogP contribution in [0.15, 0.2) is 6.07 Å². The topological polar surface area (TPSA) is 21.3 Å². The fourth-order valence-electron chi connectivity index (χ4n) is 3.06. The summed E-state index contributed by atoms with van der Waals surface area (Å²) < 4.78 is 5.54. The molecule has 2 heteroatoms. The molecule has 1 aromatic rings. The molecular formula is C16H25NO. The molecule has 2 nitrogen and oxygen atoms in total. The Morgan fingerprint density at radius 2 is 1.67 bits per heavy atom. The Kier molecular flexibility index (Phi) is 3.79. The van der Waals surface area contributed by atoms with Gasteiger partial charge >= 0.3 is 0 Å². The quantitative estimate of drug-likeness (QED) is 0.883. The van der Waals surface area contributed by atoms with Crippen molar-refractivity contribution in [2.45, 2.75) is 40.0 Å². The van der Waals surface area contributed by atoms with Crippen LogP contribution in [-0.2, 0) is 10.2 Å². The highest BCUT2D eigenvalue weighted by Crippen LogP contribution is 2.38. The van der Waals surface area contributed by atoms with Crippen LogP contribution in [0.1, 0.15) is 34.7 Å². The summed E-state index contributed by atoms with van der Waals surface area (Å²) in [5, 5.41) is 3.50. The zero-order valence-electron chi connectivity index (χ0n) is 12.3. The summed E-state index contributed by atoms with van der Waals surface area (Å²) in [6.45, 7) is 14.8. The van der Waals surface area contributed by atoms with Crippen molar-refractivity contribution < 1.29 is 4.74 Å². The molecule has 0 aromatic heterocycles. The van der Waals surface area contributed by atoms with Gasteiger partial charge in [-0.05, 0) is 62.1 Å². The van der Waals surface area contributed by atoms with Gasteiger partial charge in [0.15, 0.2) is 0 Å². The van der Waals surface area contributed by atoms with Gasteiger partial charge in [0.2, 0.25) is 0 Å². The molecule has 1 fully saturated rings. The van der Waals surface area contributed by atoms with Crippen LogP contribution in [0.25, 0.3) is 0 Å². The monoisotopic (exact) mass is 247 g/mol. The molecule has 1 aliphatic rings. The van der Waals surface area contributed by atoms with Crippen molar-refractivity contribution in [2.24, 2.45) is 0 Å². The van der Waals surface area contributed by atoms with Gasteiger partial charge in [-0.25, -0.2) is 0 Å². The molecule has 0 bridgehead atoms. The zero-order chi connectivity index (χ0) is 13.3. The lowest BCUT2D eigenvalue weighted by Crippen LogP contribution is -2.54. The number of benzene rings is 1. The van der Waals surface area contributed by atoms with Gasteiger partial charge in [0.05, 0.1) is 18.6 Å². The Morgan fingerprint density at radius 1 is 1.11 bits per heavy atom. The van der Waals surface area contributed by atoms with E-state index in [0.29, 0.717) is 0 Å². The largest absolute Gasteiger partial charge is 0.379 e. The molecule has 1 aliphatic heterocycles. The summed E-state index contributed by atoms with van der Waals surface area (Å²) in [5.41, 5.74) is 7.40. The summed E-state index contributed by atoms with van der Waals surface area (Å²) in [6.07, 6.45) is 0. The molecule has 0 amide bonds. The molecule has 1 aromatic carbocycles. The van der Waals surface area contributed by atoms with Crippen molar-refractivity contribution in [1.82, 2.24) is 5.32 Å². The first-order valence-corrected chi connectivity index (χ1v) is 6.88. The second-order valence-electron chi connectivity index (χ2n) is 5.69. The van der Waals surface area contributed by atoms with Crippen molar-refractivity contribution in [1.29, 1.82) is 0 Å². The third kappa shape index (κ3) is 2.08. The van der Waals surface area contributed by atoms with Gasteiger partial charge in [-0.15, -0.1) is 0 Å². The molecular weight excluding hydrogens is 222 g/mol. The van der Waals surface area contributed by atoms with E-state index in [4.69, 9.17) is 4.74 Å². The lowest BCUT2D eigenvalue weighted by Gasteiger charge is -2.44. The van der Waals surface area contributed by atoms with Gasteiger partial charge in [-0.2, -0.15) is 0 Å². The first-order valence-electron chi connectivity index (χ1n) is 6.88. The van der Waals surface area contributed by atoms with Gasteiger partial charge in [0, 0.05) is 6.54 Å². The van der Waals surface area contributed by atoms with E-state index in [-0.39, 0.29) is 5.41 Å². The summed E-state index contributed by atoms with van der Waals surface area (Å²) in [4.78, 5) is 0. The smallest absolute Gasteiger partial charge is 0.0598 e. The van der Waals surface area contributed by atoms with Gasteiger partial charge < -0.3 is 10.1 Å². The van der Waals surface area contributed by atoms with Crippen molar-refractivity contribution in [2.75, 3.05) is 26.3 Å². The summed E-state index contributed by atoms with van der Waals surface area (Å²) in [5.74, 6) is 0. The van der Waals surface area contributed by atoms with Crippen LogP contribution in [0.2, 0.25) is 0 Å². The van der Waals surface area contributed by atoms with Crippen LogP contribution in [0.4, 0.5) is 0 Å². The van der Waals surface area contributed by atoms with E-state index in [2.05, 4.69) is 46.0 Å². The molecule has 0 unspecified atom stereocenters. The van der Waals surface area contributed by atoms with E-state index < -0.39 is 0 Å². The minimum Gasteiger partial charge on any atom is -0.379 e. The minimum atomic E-state index is 0.195. The Hall–Kier alpha value is -0.860. The lowest BCUT2D eigenvalue weighted by molar-refractivity contribution is -0.0594. The summed E-state index contributed by atoms with van der Waals surface area (Å²) in [7, 11) is 0. The van der Waals surface area contributed by atoms with E-state index >= 15 is 0 Å². The van der Waals surface area contributed by atoms with E-state index in [1.165, 1.54) is 27.8 Å². The molecule has 0 aliphatic carbocycles. The van der Waals surface area contributed by atoms with Gasteiger partial charge in [-0.3, -0.25) is 0 Å². The molecule has 2 rings (SSSR count). The maximum Gasteiger partial charge on any atom is 0.0598 e. The van der Waals surface area contributed by atoms with E-state index in [0.717, 1.165) is 26.3 Å². The van der Waals surface area contributed by atoms with Crippen molar-refractivity contribution in [3.8, 4) is 0 Å².